The maximum atomic E-state index is 11.4. The highest BCUT2D eigenvalue weighted by molar-refractivity contribution is 8.07. The molecule has 0 atom stereocenters. The minimum Gasteiger partial charge on any atom is -0.462 e. The molecule has 0 aromatic carbocycles. The lowest BCUT2D eigenvalue weighted by molar-refractivity contribution is -0.138. The maximum absolute atomic E-state index is 11.4. The van der Waals surface area contributed by atoms with Crippen LogP contribution in [0, 0.1) is 22.0 Å². The van der Waals surface area contributed by atoms with Gasteiger partial charge in [0.1, 0.15) is 17.0 Å². The minimum atomic E-state index is -0.601. The second kappa shape index (κ2) is 6.78. The molecule has 0 aromatic heterocycles. The number of carbonyl (C=O) groups is 1. The molecule has 1 aliphatic rings. The van der Waals surface area contributed by atoms with Gasteiger partial charge in [0.25, 0.3) is 0 Å². The lowest BCUT2D eigenvalue weighted by Crippen LogP contribution is -2.06. The summed E-state index contributed by atoms with van der Waals surface area (Å²) >= 11 is 1.10. The monoisotopic (exact) mass is 248 g/mol. The fourth-order valence-electron chi connectivity index (χ4n) is 1.58. The van der Waals surface area contributed by atoms with Gasteiger partial charge in [0.15, 0.2) is 0 Å². The van der Waals surface area contributed by atoms with E-state index in [0.717, 1.165) is 41.5 Å². The fourth-order valence-corrected chi connectivity index (χ4v) is 2.23. The summed E-state index contributed by atoms with van der Waals surface area (Å²) in [5.74, 6) is -0.601. The van der Waals surface area contributed by atoms with Crippen molar-refractivity contribution in [1.29, 1.82) is 10.5 Å². The van der Waals surface area contributed by atoms with Crippen LogP contribution in [0.1, 0.15) is 26.2 Å². The Morgan fingerprint density at radius 1 is 1.53 bits per heavy atom. The van der Waals surface area contributed by atoms with Crippen molar-refractivity contribution in [2.24, 2.45) is 0 Å². The molecular weight excluding hydrogens is 236 g/mol. The number of ether oxygens (including phenoxy) is 1. The number of thiocyanates is 1. The third-order valence-corrected chi connectivity index (χ3v) is 3.12. The van der Waals surface area contributed by atoms with Crippen LogP contribution in [0.15, 0.2) is 22.1 Å². The Morgan fingerprint density at radius 3 is 2.88 bits per heavy atom. The van der Waals surface area contributed by atoms with Gasteiger partial charge in [0.05, 0.1) is 6.61 Å². The molecule has 88 valence electrons. The number of esters is 1. The summed E-state index contributed by atoms with van der Waals surface area (Å²) in [5.41, 5.74) is 0.904. The first-order valence-corrected chi connectivity index (χ1v) is 6.11. The molecule has 4 nitrogen and oxygen atoms in total. The van der Waals surface area contributed by atoms with E-state index in [9.17, 15) is 4.79 Å². The van der Waals surface area contributed by atoms with Crippen LogP contribution in [0.4, 0.5) is 0 Å². The van der Waals surface area contributed by atoms with Crippen molar-refractivity contribution in [3.8, 4) is 11.5 Å². The van der Waals surface area contributed by atoms with E-state index in [1.807, 2.05) is 11.5 Å². The highest BCUT2D eigenvalue weighted by atomic mass is 32.2. The van der Waals surface area contributed by atoms with E-state index in [1.54, 1.807) is 13.0 Å². The van der Waals surface area contributed by atoms with E-state index in [1.165, 1.54) is 0 Å². The molecule has 0 amide bonds. The van der Waals surface area contributed by atoms with Gasteiger partial charge in [-0.1, -0.05) is 0 Å². The van der Waals surface area contributed by atoms with Crippen molar-refractivity contribution < 1.29 is 9.53 Å². The van der Waals surface area contributed by atoms with Gasteiger partial charge >= 0.3 is 5.97 Å². The first-order valence-electron chi connectivity index (χ1n) is 5.29. The summed E-state index contributed by atoms with van der Waals surface area (Å²) in [5, 5.41) is 19.5. The van der Waals surface area contributed by atoms with Gasteiger partial charge in [-0.2, -0.15) is 10.5 Å². The predicted molar refractivity (Wildman–Crippen MR) is 64.4 cm³/mol. The number of hydrogen-bond donors (Lipinski definition) is 0. The third kappa shape index (κ3) is 3.65. The summed E-state index contributed by atoms with van der Waals surface area (Å²) in [6.45, 7) is 1.94. The van der Waals surface area contributed by atoms with Crippen LogP contribution >= 0.6 is 11.8 Å². The van der Waals surface area contributed by atoms with Gasteiger partial charge in [-0.25, -0.2) is 4.79 Å². The summed E-state index contributed by atoms with van der Waals surface area (Å²) in [6.07, 6.45) is 4.14. The van der Waals surface area contributed by atoms with Crippen LogP contribution < -0.4 is 0 Å². The van der Waals surface area contributed by atoms with E-state index in [4.69, 9.17) is 15.3 Å². The molecule has 0 radical (unpaired) electrons. The van der Waals surface area contributed by atoms with Gasteiger partial charge in [0.2, 0.25) is 0 Å². The van der Waals surface area contributed by atoms with Gasteiger partial charge < -0.3 is 4.74 Å². The van der Waals surface area contributed by atoms with Gasteiger partial charge in [-0.05, 0) is 49.6 Å². The number of carbonyl (C=O) groups excluding carboxylic acids is 1. The molecule has 0 saturated carbocycles. The average Bonchev–Trinajstić information content (AvgIpc) is 2.74. The molecule has 1 rings (SSSR count). The van der Waals surface area contributed by atoms with Crippen molar-refractivity contribution >= 4 is 17.7 Å². The second-order valence-electron chi connectivity index (χ2n) is 3.39. The largest absolute Gasteiger partial charge is 0.462 e. The summed E-state index contributed by atoms with van der Waals surface area (Å²) in [6, 6.07) is 1.84. The Hall–Kier alpha value is -1.72. The molecule has 0 aliphatic heterocycles. The lowest BCUT2D eigenvalue weighted by Gasteiger charge is -2.01. The van der Waals surface area contributed by atoms with Crippen molar-refractivity contribution in [3.05, 3.63) is 22.1 Å². The molecule has 0 spiro atoms. The topological polar surface area (TPSA) is 73.9 Å². The Labute approximate surface area is 105 Å². The van der Waals surface area contributed by atoms with E-state index in [-0.39, 0.29) is 12.2 Å². The van der Waals surface area contributed by atoms with Crippen LogP contribution in [0.5, 0.6) is 0 Å². The molecule has 0 aromatic rings. The van der Waals surface area contributed by atoms with Gasteiger partial charge in [0, 0.05) is 4.91 Å². The first-order chi connectivity index (χ1) is 8.22. The number of thioether (sulfide) groups is 1. The highest BCUT2D eigenvalue weighted by Gasteiger charge is 2.17. The van der Waals surface area contributed by atoms with Crippen molar-refractivity contribution in [3.63, 3.8) is 0 Å². The molecule has 1 aliphatic carbocycles. The summed E-state index contributed by atoms with van der Waals surface area (Å²) < 4.78 is 4.78. The molecular formula is C12H12N2O2S. The zero-order chi connectivity index (χ0) is 12.7. The molecule has 0 bridgehead atoms. The van der Waals surface area contributed by atoms with Crippen LogP contribution in [0.25, 0.3) is 0 Å². The molecule has 0 unspecified atom stereocenters. The Kier molecular flexibility index (Phi) is 5.32. The van der Waals surface area contributed by atoms with E-state index in [0.29, 0.717) is 0 Å². The zero-order valence-corrected chi connectivity index (χ0v) is 10.3. The molecule has 5 heteroatoms. The van der Waals surface area contributed by atoms with Crippen LogP contribution in [0.3, 0.4) is 0 Å². The maximum Gasteiger partial charge on any atom is 0.348 e. The predicted octanol–water partition coefficient (Wildman–Crippen LogP) is 2.65. The SMILES string of the molecule is CCOC(=O)/C(C#N)=C\C1=C(SC#N)CCC1. The third-order valence-electron chi connectivity index (χ3n) is 2.31. The number of allylic oxidation sites excluding steroid dienone is 3. The smallest absolute Gasteiger partial charge is 0.348 e. The number of nitrogens with zero attached hydrogens (tertiary/aromatic N) is 2. The van der Waals surface area contributed by atoms with E-state index in [2.05, 4.69) is 0 Å². The molecule has 17 heavy (non-hydrogen) atoms. The van der Waals surface area contributed by atoms with E-state index < -0.39 is 5.97 Å². The van der Waals surface area contributed by atoms with Crippen LogP contribution in [-0.2, 0) is 9.53 Å². The second-order valence-corrected chi connectivity index (χ2v) is 4.27. The highest BCUT2D eigenvalue weighted by Crippen LogP contribution is 2.34. The van der Waals surface area contributed by atoms with Crippen molar-refractivity contribution in [2.75, 3.05) is 6.61 Å². The Morgan fingerprint density at radius 2 is 2.29 bits per heavy atom. The normalized spacial score (nSPS) is 15.4. The number of nitriles is 2. The Bertz CT molecular complexity index is 452. The first kappa shape index (κ1) is 13.3. The van der Waals surface area contributed by atoms with Crippen molar-refractivity contribution in [1.82, 2.24) is 0 Å². The van der Waals surface area contributed by atoms with Crippen molar-refractivity contribution in [2.45, 2.75) is 26.2 Å². The molecule has 0 heterocycles. The van der Waals surface area contributed by atoms with E-state index >= 15 is 0 Å². The van der Waals surface area contributed by atoms with Crippen LogP contribution in [-0.4, -0.2) is 12.6 Å². The summed E-state index contributed by atoms with van der Waals surface area (Å²) in [7, 11) is 0. The number of hydrogen-bond acceptors (Lipinski definition) is 5. The van der Waals surface area contributed by atoms with Gasteiger partial charge in [-0.3, -0.25) is 0 Å². The standard InChI is InChI=1S/C12H12N2O2S/c1-2-16-12(15)10(7-13)6-9-4-3-5-11(9)17-8-14/h6H,2-5H2,1H3/b10-6-. The average molecular weight is 248 g/mol. The fraction of sp³-hybridized carbons (Fsp3) is 0.417. The summed E-state index contributed by atoms with van der Waals surface area (Å²) in [4.78, 5) is 12.4. The zero-order valence-electron chi connectivity index (χ0n) is 9.52. The Balaban J connectivity index is 2.92. The number of rotatable bonds is 4. The molecule has 0 fully saturated rings. The molecule has 0 N–H and O–H groups in total. The quantitative estimate of drug-likeness (QED) is 0.331. The lowest BCUT2D eigenvalue weighted by atomic mass is 10.1. The van der Waals surface area contributed by atoms with Crippen LogP contribution in [0.2, 0.25) is 0 Å². The minimum absolute atomic E-state index is 0.000195. The molecule has 0 saturated heterocycles. The van der Waals surface area contributed by atoms with Gasteiger partial charge in [-0.15, -0.1) is 0 Å².